The van der Waals surface area contributed by atoms with E-state index in [2.05, 4.69) is 25.5 Å². The van der Waals surface area contributed by atoms with Crippen LogP contribution in [0, 0.1) is 0 Å². The molecule has 0 radical (unpaired) electrons. The predicted octanol–water partition coefficient (Wildman–Crippen LogP) is 2.33. The highest BCUT2D eigenvalue weighted by Gasteiger charge is 2.09. The van der Waals surface area contributed by atoms with Crippen LogP contribution >= 0.6 is 0 Å². The van der Waals surface area contributed by atoms with Crippen LogP contribution in [0.25, 0.3) is 0 Å². The van der Waals surface area contributed by atoms with E-state index in [-0.39, 0.29) is 11.9 Å². The van der Waals surface area contributed by atoms with Crippen molar-refractivity contribution in [3.05, 3.63) is 53.9 Å². The second-order valence-electron chi connectivity index (χ2n) is 5.98. The molecule has 128 valence electrons. The minimum absolute atomic E-state index is 0.0944. The molecule has 1 heterocycles. The van der Waals surface area contributed by atoms with Crippen LogP contribution in [0.3, 0.4) is 0 Å². The third-order valence-corrected chi connectivity index (χ3v) is 3.63. The normalized spacial score (nSPS) is 12.0. The Morgan fingerprint density at radius 2 is 1.83 bits per heavy atom. The highest BCUT2D eigenvalue weighted by molar-refractivity contribution is 5.93. The summed E-state index contributed by atoms with van der Waals surface area (Å²) in [6, 6.07) is 10.2. The van der Waals surface area contributed by atoms with Crippen LogP contribution in [0.5, 0.6) is 0 Å². The number of anilines is 1. The topological polar surface area (TPSA) is 70.2 Å². The number of amides is 1. The van der Waals surface area contributed by atoms with Gasteiger partial charge in [0.2, 0.25) is 5.95 Å². The molecule has 0 saturated carbocycles. The first-order valence-corrected chi connectivity index (χ1v) is 8.12. The molecule has 0 spiro atoms. The van der Waals surface area contributed by atoms with Gasteiger partial charge in [-0.25, -0.2) is 9.97 Å². The largest absolute Gasteiger partial charge is 0.352 e. The third-order valence-electron chi connectivity index (χ3n) is 3.63. The molecule has 1 atom stereocenters. The van der Waals surface area contributed by atoms with E-state index in [0.717, 1.165) is 18.5 Å². The summed E-state index contributed by atoms with van der Waals surface area (Å²) in [6.45, 7) is 3.63. The van der Waals surface area contributed by atoms with Crippen LogP contribution in [0.4, 0.5) is 5.95 Å². The Bertz CT molecular complexity index is 628. The molecule has 0 aliphatic rings. The monoisotopic (exact) mass is 327 g/mol. The predicted molar refractivity (Wildman–Crippen MR) is 96.0 cm³/mol. The van der Waals surface area contributed by atoms with Crippen LogP contribution in [0.1, 0.15) is 35.3 Å². The van der Waals surface area contributed by atoms with Crippen molar-refractivity contribution in [2.24, 2.45) is 0 Å². The molecule has 2 N–H and O–H groups in total. The van der Waals surface area contributed by atoms with Crippen molar-refractivity contribution >= 4 is 11.9 Å². The Hall–Kier alpha value is -2.47. The molecular formula is C18H25N5O. The molecule has 1 aromatic heterocycles. The van der Waals surface area contributed by atoms with E-state index >= 15 is 0 Å². The second-order valence-corrected chi connectivity index (χ2v) is 5.98. The summed E-state index contributed by atoms with van der Waals surface area (Å²) in [5.74, 6) is 0.368. The number of carbonyl (C=O) groups is 1. The summed E-state index contributed by atoms with van der Waals surface area (Å²) in [6.07, 6.45) is 4.01. The number of nitrogens with zero attached hydrogens (tertiary/aromatic N) is 3. The molecule has 1 amide bonds. The zero-order valence-corrected chi connectivity index (χ0v) is 14.5. The lowest BCUT2D eigenvalue weighted by Gasteiger charge is -2.14. The summed E-state index contributed by atoms with van der Waals surface area (Å²) in [7, 11) is 4.02. The number of rotatable bonds is 8. The van der Waals surface area contributed by atoms with Crippen molar-refractivity contribution in [3.8, 4) is 0 Å². The molecule has 1 unspecified atom stereocenters. The highest BCUT2D eigenvalue weighted by Crippen LogP contribution is 2.15. The van der Waals surface area contributed by atoms with Gasteiger partial charge >= 0.3 is 0 Å². The molecule has 24 heavy (non-hydrogen) atoms. The van der Waals surface area contributed by atoms with Crippen molar-refractivity contribution in [1.29, 1.82) is 0 Å². The van der Waals surface area contributed by atoms with Crippen molar-refractivity contribution < 1.29 is 4.79 Å². The maximum atomic E-state index is 12.0. The summed E-state index contributed by atoms with van der Waals surface area (Å²) in [4.78, 5) is 22.6. The lowest BCUT2D eigenvalue weighted by atomic mass is 10.1. The van der Waals surface area contributed by atoms with Gasteiger partial charge in [-0.2, -0.15) is 0 Å². The first kappa shape index (κ1) is 17.9. The first-order chi connectivity index (χ1) is 11.6. The van der Waals surface area contributed by atoms with E-state index in [9.17, 15) is 4.79 Å². The molecule has 0 aliphatic carbocycles. The fraction of sp³-hybridized carbons (Fsp3) is 0.389. The molecule has 0 fully saturated rings. The molecular weight excluding hydrogens is 302 g/mol. The number of hydrogen-bond donors (Lipinski definition) is 2. The summed E-state index contributed by atoms with van der Waals surface area (Å²) < 4.78 is 0. The molecule has 6 heteroatoms. The van der Waals surface area contributed by atoms with Crippen LogP contribution in [-0.4, -0.2) is 48.0 Å². The zero-order chi connectivity index (χ0) is 17.4. The quantitative estimate of drug-likeness (QED) is 0.728. The first-order valence-electron chi connectivity index (χ1n) is 8.12. The van der Waals surface area contributed by atoms with E-state index in [0.29, 0.717) is 18.1 Å². The van der Waals surface area contributed by atoms with Crippen LogP contribution < -0.4 is 10.6 Å². The van der Waals surface area contributed by atoms with E-state index in [1.54, 1.807) is 12.4 Å². The fourth-order valence-electron chi connectivity index (χ4n) is 2.24. The van der Waals surface area contributed by atoms with Gasteiger partial charge in [-0.05, 0) is 39.5 Å². The van der Waals surface area contributed by atoms with E-state index in [1.165, 1.54) is 0 Å². The van der Waals surface area contributed by atoms with Gasteiger partial charge in [0.25, 0.3) is 5.91 Å². The van der Waals surface area contributed by atoms with Crippen molar-refractivity contribution in [1.82, 2.24) is 20.2 Å². The van der Waals surface area contributed by atoms with E-state index in [4.69, 9.17) is 0 Å². The van der Waals surface area contributed by atoms with Crippen LogP contribution in [0.15, 0.2) is 42.7 Å². The number of hydrogen-bond acceptors (Lipinski definition) is 5. The molecule has 0 saturated heterocycles. The van der Waals surface area contributed by atoms with Gasteiger partial charge in [0.15, 0.2) is 0 Å². The highest BCUT2D eigenvalue weighted by atomic mass is 16.1. The Morgan fingerprint density at radius 3 is 2.46 bits per heavy atom. The Labute approximate surface area is 143 Å². The number of nitrogens with one attached hydrogen (secondary N) is 2. The second kappa shape index (κ2) is 8.98. The van der Waals surface area contributed by atoms with E-state index in [1.807, 2.05) is 51.4 Å². The minimum atomic E-state index is -0.142. The van der Waals surface area contributed by atoms with Gasteiger partial charge in [-0.3, -0.25) is 4.79 Å². The SMILES string of the molecule is CC(Nc1ncc(C(=O)NCCCN(C)C)cn1)c1ccccc1. The van der Waals surface area contributed by atoms with Crippen LogP contribution in [-0.2, 0) is 0 Å². The number of benzene rings is 1. The summed E-state index contributed by atoms with van der Waals surface area (Å²) in [5, 5.41) is 6.10. The van der Waals surface area contributed by atoms with Crippen molar-refractivity contribution in [3.63, 3.8) is 0 Å². The summed E-state index contributed by atoms with van der Waals surface area (Å²) >= 11 is 0. The molecule has 6 nitrogen and oxygen atoms in total. The zero-order valence-electron chi connectivity index (χ0n) is 14.5. The third kappa shape index (κ3) is 5.62. The number of carbonyl (C=O) groups excluding carboxylic acids is 1. The smallest absolute Gasteiger partial charge is 0.254 e. The molecule has 2 aromatic rings. The standard InChI is InChI=1S/C18H25N5O/c1-14(15-8-5-4-6-9-15)22-18-20-12-16(13-21-18)17(24)19-10-7-11-23(2)3/h4-6,8-9,12-14H,7,10-11H2,1-3H3,(H,19,24)(H,20,21,22). The van der Waals surface area contributed by atoms with Gasteiger partial charge < -0.3 is 15.5 Å². The summed E-state index contributed by atoms with van der Waals surface area (Å²) in [5.41, 5.74) is 1.63. The lowest BCUT2D eigenvalue weighted by Crippen LogP contribution is -2.27. The average Bonchev–Trinajstić information content (AvgIpc) is 2.59. The lowest BCUT2D eigenvalue weighted by molar-refractivity contribution is 0.0951. The number of aromatic nitrogens is 2. The fourth-order valence-corrected chi connectivity index (χ4v) is 2.24. The molecule has 1 aromatic carbocycles. The maximum Gasteiger partial charge on any atom is 0.254 e. The van der Waals surface area contributed by atoms with Gasteiger partial charge in [0, 0.05) is 18.9 Å². The van der Waals surface area contributed by atoms with Gasteiger partial charge in [-0.15, -0.1) is 0 Å². The molecule has 0 bridgehead atoms. The van der Waals surface area contributed by atoms with Gasteiger partial charge in [-0.1, -0.05) is 30.3 Å². The Morgan fingerprint density at radius 1 is 1.17 bits per heavy atom. The van der Waals surface area contributed by atoms with Crippen LogP contribution in [0.2, 0.25) is 0 Å². The molecule has 0 aliphatic heterocycles. The average molecular weight is 327 g/mol. The molecule has 2 rings (SSSR count). The maximum absolute atomic E-state index is 12.0. The van der Waals surface area contributed by atoms with Gasteiger partial charge in [0.05, 0.1) is 11.6 Å². The Kier molecular flexibility index (Phi) is 6.69. The minimum Gasteiger partial charge on any atom is -0.352 e. The van der Waals surface area contributed by atoms with Crippen molar-refractivity contribution in [2.45, 2.75) is 19.4 Å². The Balaban J connectivity index is 1.85. The van der Waals surface area contributed by atoms with E-state index < -0.39 is 0 Å². The van der Waals surface area contributed by atoms with Gasteiger partial charge in [0.1, 0.15) is 0 Å². The van der Waals surface area contributed by atoms with Crippen molar-refractivity contribution in [2.75, 3.05) is 32.5 Å².